The van der Waals surface area contributed by atoms with E-state index in [1.165, 1.54) is 12.1 Å². The zero-order valence-electron chi connectivity index (χ0n) is 13.6. The van der Waals surface area contributed by atoms with Crippen molar-refractivity contribution in [2.24, 2.45) is 0 Å². The largest absolute Gasteiger partial charge is 0.311 e. The number of nitrogens with one attached hydrogen (secondary N) is 1. The maximum Gasteiger partial charge on any atom is 0.269 e. The van der Waals surface area contributed by atoms with E-state index in [0.29, 0.717) is 22.9 Å². The number of benzene rings is 2. The number of carbonyl (C=O) groups is 1. The van der Waals surface area contributed by atoms with Gasteiger partial charge in [-0.05, 0) is 17.2 Å². The van der Waals surface area contributed by atoms with Gasteiger partial charge in [-0.3, -0.25) is 14.9 Å². The Kier molecular flexibility index (Phi) is 5.28. The molecule has 0 aliphatic heterocycles. The molecule has 0 spiro atoms. The Bertz CT molecular complexity index is 938. The van der Waals surface area contributed by atoms with Crippen LogP contribution in [0.5, 0.6) is 0 Å². The molecule has 2 aromatic carbocycles. The SMILES string of the molecule is O=C(Cc1ccc([N+](=O)[O-])cc1)Nc1ccnn1Cc1ccccc1Cl. The second-order valence-corrected chi connectivity index (χ2v) is 6.02. The van der Waals surface area contributed by atoms with Crippen LogP contribution in [0.15, 0.2) is 60.8 Å². The number of nitro groups is 1. The first-order chi connectivity index (χ1) is 12.5. The Balaban J connectivity index is 1.66. The predicted molar refractivity (Wildman–Crippen MR) is 98.2 cm³/mol. The minimum absolute atomic E-state index is 0.00743. The third-order valence-electron chi connectivity index (χ3n) is 3.77. The molecule has 3 aromatic rings. The third-order valence-corrected chi connectivity index (χ3v) is 4.14. The van der Waals surface area contributed by atoms with Gasteiger partial charge in [-0.25, -0.2) is 4.68 Å². The van der Waals surface area contributed by atoms with Crippen molar-refractivity contribution in [3.63, 3.8) is 0 Å². The average Bonchev–Trinajstić information content (AvgIpc) is 3.04. The van der Waals surface area contributed by atoms with E-state index in [-0.39, 0.29) is 18.0 Å². The molecule has 0 aliphatic rings. The molecular formula is C18H15ClN4O3. The normalized spacial score (nSPS) is 10.5. The second kappa shape index (κ2) is 7.79. The van der Waals surface area contributed by atoms with Crippen LogP contribution in [0.1, 0.15) is 11.1 Å². The summed E-state index contributed by atoms with van der Waals surface area (Å²) in [6.07, 6.45) is 1.70. The Hall–Kier alpha value is -3.19. The van der Waals surface area contributed by atoms with Gasteiger partial charge in [-0.15, -0.1) is 0 Å². The Morgan fingerprint density at radius 2 is 1.88 bits per heavy atom. The van der Waals surface area contributed by atoms with Crippen LogP contribution in [0, 0.1) is 10.1 Å². The van der Waals surface area contributed by atoms with Crippen LogP contribution in [0.2, 0.25) is 5.02 Å². The summed E-state index contributed by atoms with van der Waals surface area (Å²) in [4.78, 5) is 22.4. The van der Waals surface area contributed by atoms with Crippen LogP contribution in [0.25, 0.3) is 0 Å². The molecule has 0 unspecified atom stereocenters. The Morgan fingerprint density at radius 3 is 2.58 bits per heavy atom. The second-order valence-electron chi connectivity index (χ2n) is 5.61. The van der Waals surface area contributed by atoms with Crippen molar-refractivity contribution >= 4 is 29.0 Å². The number of non-ortho nitro benzene ring substituents is 1. The van der Waals surface area contributed by atoms with Crippen molar-refractivity contribution in [3.8, 4) is 0 Å². The molecule has 0 radical (unpaired) electrons. The fourth-order valence-electron chi connectivity index (χ4n) is 2.46. The van der Waals surface area contributed by atoms with Gasteiger partial charge in [0.15, 0.2) is 0 Å². The van der Waals surface area contributed by atoms with Gasteiger partial charge >= 0.3 is 0 Å². The van der Waals surface area contributed by atoms with Crippen molar-refractivity contribution < 1.29 is 9.72 Å². The summed E-state index contributed by atoms with van der Waals surface area (Å²) in [6, 6.07) is 15.0. The van der Waals surface area contributed by atoms with E-state index in [2.05, 4.69) is 10.4 Å². The molecule has 1 aromatic heterocycles. The number of aromatic nitrogens is 2. The van der Waals surface area contributed by atoms with Gasteiger partial charge in [0.1, 0.15) is 5.82 Å². The first kappa shape index (κ1) is 17.6. The van der Waals surface area contributed by atoms with Crippen LogP contribution < -0.4 is 5.32 Å². The summed E-state index contributed by atoms with van der Waals surface area (Å²) < 4.78 is 1.65. The molecule has 1 heterocycles. The minimum atomic E-state index is -0.475. The Morgan fingerprint density at radius 1 is 1.15 bits per heavy atom. The summed E-state index contributed by atoms with van der Waals surface area (Å²) in [6.45, 7) is 0.430. The first-order valence-corrected chi connectivity index (χ1v) is 8.19. The lowest BCUT2D eigenvalue weighted by Gasteiger charge is -2.10. The molecule has 0 aliphatic carbocycles. The van der Waals surface area contributed by atoms with Gasteiger partial charge in [0.05, 0.1) is 24.1 Å². The standard InChI is InChI=1S/C18H15ClN4O3/c19-16-4-2-1-3-14(16)12-22-17(9-10-20-22)21-18(24)11-13-5-7-15(8-6-13)23(25)26/h1-10H,11-12H2,(H,21,24). The van der Waals surface area contributed by atoms with Crippen LogP contribution in [0.3, 0.4) is 0 Å². The number of nitro benzene ring substituents is 1. The lowest BCUT2D eigenvalue weighted by Crippen LogP contribution is -2.18. The number of amides is 1. The van der Waals surface area contributed by atoms with Gasteiger partial charge in [0.2, 0.25) is 5.91 Å². The number of nitrogens with zero attached hydrogens (tertiary/aromatic N) is 3. The van der Waals surface area contributed by atoms with E-state index in [1.807, 2.05) is 18.2 Å². The summed E-state index contributed by atoms with van der Waals surface area (Å²) in [5.74, 6) is 0.316. The van der Waals surface area contributed by atoms with E-state index in [1.54, 1.807) is 35.1 Å². The molecule has 26 heavy (non-hydrogen) atoms. The van der Waals surface area contributed by atoms with Gasteiger partial charge < -0.3 is 5.32 Å². The van der Waals surface area contributed by atoms with Gasteiger partial charge in [-0.2, -0.15) is 5.10 Å². The molecule has 7 nitrogen and oxygen atoms in total. The maximum absolute atomic E-state index is 12.3. The highest BCUT2D eigenvalue weighted by atomic mass is 35.5. The fourth-order valence-corrected chi connectivity index (χ4v) is 2.66. The van der Waals surface area contributed by atoms with Gasteiger partial charge in [0, 0.05) is 23.2 Å². The minimum Gasteiger partial charge on any atom is -0.311 e. The summed E-state index contributed by atoms with van der Waals surface area (Å²) >= 11 is 6.17. The van der Waals surface area contributed by atoms with E-state index in [0.717, 1.165) is 5.56 Å². The van der Waals surface area contributed by atoms with Crippen molar-refractivity contribution in [2.45, 2.75) is 13.0 Å². The number of halogens is 1. The summed E-state index contributed by atoms with van der Waals surface area (Å²) in [5, 5.41) is 18.3. The van der Waals surface area contributed by atoms with E-state index >= 15 is 0 Å². The number of rotatable bonds is 6. The molecule has 0 saturated heterocycles. The molecule has 0 saturated carbocycles. The zero-order chi connectivity index (χ0) is 18.5. The fraction of sp³-hybridized carbons (Fsp3) is 0.111. The lowest BCUT2D eigenvalue weighted by molar-refractivity contribution is -0.384. The van der Waals surface area contributed by atoms with E-state index < -0.39 is 4.92 Å². The maximum atomic E-state index is 12.3. The van der Waals surface area contributed by atoms with E-state index in [9.17, 15) is 14.9 Å². The summed E-state index contributed by atoms with van der Waals surface area (Å²) in [5.41, 5.74) is 1.57. The molecule has 0 fully saturated rings. The smallest absolute Gasteiger partial charge is 0.269 e. The number of hydrogen-bond donors (Lipinski definition) is 1. The molecule has 3 rings (SSSR count). The molecule has 1 N–H and O–H groups in total. The summed E-state index contributed by atoms with van der Waals surface area (Å²) in [7, 11) is 0. The lowest BCUT2D eigenvalue weighted by atomic mass is 10.1. The van der Waals surface area contributed by atoms with Crippen molar-refractivity contribution in [1.29, 1.82) is 0 Å². The number of hydrogen-bond acceptors (Lipinski definition) is 4. The third kappa shape index (κ3) is 4.25. The number of anilines is 1. The molecule has 8 heteroatoms. The molecular weight excluding hydrogens is 356 g/mol. The molecule has 1 amide bonds. The average molecular weight is 371 g/mol. The highest BCUT2D eigenvalue weighted by Gasteiger charge is 2.11. The highest BCUT2D eigenvalue weighted by Crippen LogP contribution is 2.18. The van der Waals surface area contributed by atoms with Crippen LogP contribution in [-0.4, -0.2) is 20.6 Å². The van der Waals surface area contributed by atoms with Gasteiger partial charge in [-0.1, -0.05) is 41.9 Å². The van der Waals surface area contributed by atoms with Crippen molar-refractivity contribution in [2.75, 3.05) is 5.32 Å². The predicted octanol–water partition coefficient (Wildman–Crippen LogP) is 3.67. The quantitative estimate of drug-likeness (QED) is 0.529. The topological polar surface area (TPSA) is 90.1 Å². The van der Waals surface area contributed by atoms with Crippen LogP contribution in [-0.2, 0) is 17.8 Å². The number of carbonyl (C=O) groups excluding carboxylic acids is 1. The van der Waals surface area contributed by atoms with E-state index in [4.69, 9.17) is 11.6 Å². The molecule has 0 bridgehead atoms. The highest BCUT2D eigenvalue weighted by molar-refractivity contribution is 6.31. The van der Waals surface area contributed by atoms with Crippen molar-refractivity contribution in [3.05, 3.63) is 87.1 Å². The monoisotopic (exact) mass is 370 g/mol. The van der Waals surface area contributed by atoms with Gasteiger partial charge in [0.25, 0.3) is 5.69 Å². The first-order valence-electron chi connectivity index (χ1n) is 7.81. The van der Waals surface area contributed by atoms with Crippen molar-refractivity contribution in [1.82, 2.24) is 9.78 Å². The molecule has 0 atom stereocenters. The molecule has 132 valence electrons. The Labute approximate surface area is 154 Å². The van der Waals surface area contributed by atoms with Crippen LogP contribution >= 0.6 is 11.6 Å². The zero-order valence-corrected chi connectivity index (χ0v) is 14.4. The van der Waals surface area contributed by atoms with Crippen LogP contribution in [0.4, 0.5) is 11.5 Å².